The quantitative estimate of drug-likeness (QED) is 0.688. The number of esters is 1. The molecule has 0 spiro atoms. The van der Waals surface area contributed by atoms with Crippen LogP contribution in [-0.4, -0.2) is 18.5 Å². The molecule has 0 bridgehead atoms. The van der Waals surface area contributed by atoms with Gasteiger partial charge >= 0.3 is 5.97 Å². The Bertz CT molecular complexity index is 878. The highest BCUT2D eigenvalue weighted by molar-refractivity contribution is 5.82. The molecular formula is C21H21NO4. The number of aryl methyl sites for hydroxylation is 1. The number of nitrogens with one attached hydrogen (secondary N) is 1. The first-order valence-electron chi connectivity index (χ1n) is 8.50. The number of para-hydroxylation sites is 1. The number of hydrogen-bond acceptors (Lipinski definition) is 4. The molecule has 3 aromatic rings. The topological polar surface area (TPSA) is 68.5 Å². The van der Waals surface area contributed by atoms with Gasteiger partial charge in [0.1, 0.15) is 11.3 Å². The van der Waals surface area contributed by atoms with Crippen molar-refractivity contribution in [2.75, 3.05) is 6.61 Å². The second kappa shape index (κ2) is 7.87. The van der Waals surface area contributed by atoms with Crippen LogP contribution in [-0.2, 0) is 20.7 Å². The van der Waals surface area contributed by atoms with Gasteiger partial charge in [0.15, 0.2) is 6.61 Å². The molecule has 0 fully saturated rings. The molecule has 1 heterocycles. The van der Waals surface area contributed by atoms with E-state index in [1.54, 1.807) is 0 Å². The van der Waals surface area contributed by atoms with Crippen LogP contribution in [0.4, 0.5) is 0 Å². The van der Waals surface area contributed by atoms with E-state index in [0.29, 0.717) is 5.76 Å². The Morgan fingerprint density at radius 2 is 1.85 bits per heavy atom. The van der Waals surface area contributed by atoms with Gasteiger partial charge in [0.05, 0.1) is 12.5 Å². The maximum atomic E-state index is 12.0. The molecule has 2 aromatic carbocycles. The second-order valence-electron chi connectivity index (χ2n) is 6.30. The molecule has 0 radical (unpaired) electrons. The monoisotopic (exact) mass is 351 g/mol. The van der Waals surface area contributed by atoms with E-state index in [0.717, 1.165) is 22.1 Å². The Morgan fingerprint density at radius 3 is 2.58 bits per heavy atom. The van der Waals surface area contributed by atoms with Crippen molar-refractivity contribution in [3.05, 3.63) is 71.5 Å². The SMILES string of the molecule is Cc1ccc(CC(=O)OCC(=O)N[C@H](C)c2cc3ccccc3o2)cc1. The number of rotatable bonds is 6. The summed E-state index contributed by atoms with van der Waals surface area (Å²) >= 11 is 0. The lowest BCUT2D eigenvalue weighted by atomic mass is 10.1. The summed E-state index contributed by atoms with van der Waals surface area (Å²) in [5, 5.41) is 3.75. The Hall–Kier alpha value is -3.08. The lowest BCUT2D eigenvalue weighted by molar-refractivity contribution is -0.148. The van der Waals surface area contributed by atoms with Gasteiger partial charge < -0.3 is 14.5 Å². The number of carbonyl (C=O) groups is 2. The molecule has 0 saturated heterocycles. The van der Waals surface area contributed by atoms with Crippen molar-refractivity contribution in [1.29, 1.82) is 0 Å². The molecule has 1 atom stereocenters. The predicted octanol–water partition coefficient (Wildman–Crippen LogP) is 3.70. The van der Waals surface area contributed by atoms with Crippen LogP contribution in [0, 0.1) is 6.92 Å². The van der Waals surface area contributed by atoms with Crippen LogP contribution >= 0.6 is 0 Å². The third-order valence-electron chi connectivity index (χ3n) is 4.08. The summed E-state index contributed by atoms with van der Waals surface area (Å²) in [6, 6.07) is 16.8. The summed E-state index contributed by atoms with van der Waals surface area (Å²) in [7, 11) is 0. The highest BCUT2D eigenvalue weighted by atomic mass is 16.5. The first kappa shape index (κ1) is 17.7. The number of amides is 1. The van der Waals surface area contributed by atoms with E-state index in [4.69, 9.17) is 9.15 Å². The van der Waals surface area contributed by atoms with E-state index in [9.17, 15) is 9.59 Å². The van der Waals surface area contributed by atoms with Gasteiger partial charge in [-0.1, -0.05) is 48.0 Å². The highest BCUT2D eigenvalue weighted by Gasteiger charge is 2.15. The standard InChI is InChI=1S/C21H21NO4/c1-14-7-9-16(10-8-14)11-21(24)25-13-20(23)22-15(2)19-12-17-5-3-4-6-18(17)26-19/h3-10,12,15H,11,13H2,1-2H3,(H,22,23)/t15-/m1/s1. The van der Waals surface area contributed by atoms with Crippen molar-refractivity contribution in [2.24, 2.45) is 0 Å². The highest BCUT2D eigenvalue weighted by Crippen LogP contribution is 2.23. The number of fused-ring (bicyclic) bond motifs is 1. The van der Waals surface area contributed by atoms with Gasteiger partial charge in [-0.2, -0.15) is 0 Å². The third-order valence-corrected chi connectivity index (χ3v) is 4.08. The smallest absolute Gasteiger partial charge is 0.310 e. The second-order valence-corrected chi connectivity index (χ2v) is 6.30. The molecule has 26 heavy (non-hydrogen) atoms. The molecule has 0 saturated carbocycles. The Labute approximate surface area is 152 Å². The maximum Gasteiger partial charge on any atom is 0.310 e. The largest absolute Gasteiger partial charge is 0.459 e. The molecule has 0 unspecified atom stereocenters. The molecule has 1 aromatic heterocycles. The van der Waals surface area contributed by atoms with Crippen LogP contribution in [0.1, 0.15) is 29.9 Å². The van der Waals surface area contributed by atoms with Crippen LogP contribution in [0.15, 0.2) is 59.0 Å². The minimum atomic E-state index is -0.430. The predicted molar refractivity (Wildman–Crippen MR) is 98.6 cm³/mol. The summed E-state index contributed by atoms with van der Waals surface area (Å²) in [4.78, 5) is 23.9. The zero-order valence-corrected chi connectivity index (χ0v) is 14.8. The minimum Gasteiger partial charge on any atom is -0.459 e. The van der Waals surface area contributed by atoms with E-state index in [1.807, 2.05) is 68.4 Å². The molecule has 5 nitrogen and oxygen atoms in total. The average Bonchev–Trinajstić information content (AvgIpc) is 3.06. The molecule has 3 rings (SSSR count). The number of carbonyl (C=O) groups excluding carboxylic acids is 2. The number of benzene rings is 2. The van der Waals surface area contributed by atoms with E-state index < -0.39 is 5.97 Å². The summed E-state index contributed by atoms with van der Waals surface area (Å²) < 4.78 is 10.8. The van der Waals surface area contributed by atoms with Gasteiger partial charge in [0, 0.05) is 5.39 Å². The fourth-order valence-electron chi connectivity index (χ4n) is 2.64. The third kappa shape index (κ3) is 4.51. The van der Waals surface area contributed by atoms with Crippen molar-refractivity contribution >= 4 is 22.8 Å². The number of ether oxygens (including phenoxy) is 1. The molecule has 5 heteroatoms. The first-order chi connectivity index (χ1) is 12.5. The van der Waals surface area contributed by atoms with Gasteiger partial charge in [-0.3, -0.25) is 9.59 Å². The van der Waals surface area contributed by atoms with Crippen molar-refractivity contribution < 1.29 is 18.7 Å². The van der Waals surface area contributed by atoms with E-state index in [1.165, 1.54) is 0 Å². The summed E-state index contributed by atoms with van der Waals surface area (Å²) in [5.41, 5.74) is 2.76. The average molecular weight is 351 g/mol. The molecule has 1 amide bonds. The summed E-state index contributed by atoms with van der Waals surface area (Å²) in [6.45, 7) is 3.49. The van der Waals surface area contributed by atoms with Gasteiger partial charge in [-0.15, -0.1) is 0 Å². The van der Waals surface area contributed by atoms with Crippen LogP contribution in [0.5, 0.6) is 0 Å². The van der Waals surface area contributed by atoms with Gasteiger partial charge in [-0.25, -0.2) is 0 Å². The molecule has 1 N–H and O–H groups in total. The fourth-order valence-corrected chi connectivity index (χ4v) is 2.64. The van der Waals surface area contributed by atoms with Crippen LogP contribution in [0.2, 0.25) is 0 Å². The van der Waals surface area contributed by atoms with Gasteiger partial charge in [0.25, 0.3) is 5.91 Å². The van der Waals surface area contributed by atoms with Crippen molar-refractivity contribution in [1.82, 2.24) is 5.32 Å². The van der Waals surface area contributed by atoms with Crippen molar-refractivity contribution in [2.45, 2.75) is 26.3 Å². The van der Waals surface area contributed by atoms with E-state index in [-0.39, 0.29) is 25.0 Å². The maximum absolute atomic E-state index is 12.0. The van der Waals surface area contributed by atoms with E-state index in [2.05, 4.69) is 5.32 Å². The molecule has 0 aliphatic carbocycles. The van der Waals surface area contributed by atoms with Crippen LogP contribution in [0.3, 0.4) is 0 Å². The lowest BCUT2D eigenvalue weighted by Crippen LogP contribution is -2.31. The fraction of sp³-hybridized carbons (Fsp3) is 0.238. The molecule has 0 aliphatic rings. The zero-order valence-electron chi connectivity index (χ0n) is 14.8. The Morgan fingerprint density at radius 1 is 1.12 bits per heavy atom. The van der Waals surface area contributed by atoms with Gasteiger partial charge in [0.2, 0.25) is 0 Å². The van der Waals surface area contributed by atoms with Crippen molar-refractivity contribution in [3.8, 4) is 0 Å². The summed E-state index contributed by atoms with van der Waals surface area (Å²) in [5.74, 6) is -0.138. The lowest BCUT2D eigenvalue weighted by Gasteiger charge is -2.11. The van der Waals surface area contributed by atoms with Crippen LogP contribution in [0.25, 0.3) is 11.0 Å². The Balaban J connectivity index is 1.48. The zero-order chi connectivity index (χ0) is 18.5. The minimum absolute atomic E-state index is 0.146. The number of furan rings is 1. The van der Waals surface area contributed by atoms with Crippen molar-refractivity contribution in [3.63, 3.8) is 0 Å². The summed E-state index contributed by atoms with van der Waals surface area (Å²) in [6.07, 6.45) is 0.146. The number of hydrogen-bond donors (Lipinski definition) is 1. The molecule has 134 valence electrons. The van der Waals surface area contributed by atoms with Gasteiger partial charge in [-0.05, 0) is 31.5 Å². The molecular weight excluding hydrogens is 330 g/mol. The molecule has 0 aliphatic heterocycles. The van der Waals surface area contributed by atoms with E-state index >= 15 is 0 Å². The Kier molecular flexibility index (Phi) is 5.37. The first-order valence-corrected chi connectivity index (χ1v) is 8.50. The van der Waals surface area contributed by atoms with Crippen LogP contribution < -0.4 is 5.32 Å². The normalized spacial score (nSPS) is 11.9.